The predicted octanol–water partition coefficient (Wildman–Crippen LogP) is 3.90. The molecule has 0 N–H and O–H groups in total. The molecule has 1 aliphatic rings. The standard InChI is InChI=1S/C19H15ClO5/c1-11(19(22)23-2)24-14-6-7-15-16(10-14)25-17(18(15)21)9-12-4-3-5-13(20)8-12/h3-11H,1-2H3/b17-9+/t11-/m1/s1. The molecular formula is C19H15ClO5. The third-order valence-electron chi connectivity index (χ3n) is 3.63. The van der Waals surface area contributed by atoms with Gasteiger partial charge in [-0.05, 0) is 42.8 Å². The van der Waals surface area contributed by atoms with E-state index in [1.807, 2.05) is 6.07 Å². The Bertz CT molecular complexity index is 872. The summed E-state index contributed by atoms with van der Waals surface area (Å²) in [5.41, 5.74) is 1.20. The van der Waals surface area contributed by atoms with Gasteiger partial charge in [-0.2, -0.15) is 0 Å². The average molecular weight is 359 g/mol. The van der Waals surface area contributed by atoms with Crippen molar-refractivity contribution in [2.24, 2.45) is 0 Å². The van der Waals surface area contributed by atoms with Crippen molar-refractivity contribution in [2.45, 2.75) is 13.0 Å². The Balaban J connectivity index is 1.83. The van der Waals surface area contributed by atoms with E-state index < -0.39 is 12.1 Å². The molecular weight excluding hydrogens is 344 g/mol. The van der Waals surface area contributed by atoms with Crippen LogP contribution in [-0.4, -0.2) is 25.0 Å². The van der Waals surface area contributed by atoms with Gasteiger partial charge >= 0.3 is 5.97 Å². The van der Waals surface area contributed by atoms with Crippen LogP contribution in [0.15, 0.2) is 48.2 Å². The van der Waals surface area contributed by atoms with Gasteiger partial charge in [0.25, 0.3) is 0 Å². The molecule has 0 saturated heterocycles. The number of ketones is 1. The fraction of sp³-hybridized carbons (Fsp3) is 0.158. The first-order valence-corrected chi connectivity index (χ1v) is 7.94. The second kappa shape index (κ2) is 6.99. The lowest BCUT2D eigenvalue weighted by Crippen LogP contribution is -2.24. The highest BCUT2D eigenvalue weighted by Crippen LogP contribution is 2.35. The van der Waals surface area contributed by atoms with Crippen molar-refractivity contribution in [3.05, 3.63) is 64.4 Å². The molecule has 5 nitrogen and oxygen atoms in total. The van der Waals surface area contributed by atoms with Crippen LogP contribution in [0.4, 0.5) is 0 Å². The lowest BCUT2D eigenvalue weighted by molar-refractivity contribution is -0.147. The summed E-state index contributed by atoms with van der Waals surface area (Å²) in [5, 5.41) is 0.574. The number of carbonyl (C=O) groups excluding carboxylic acids is 2. The Morgan fingerprint density at radius 3 is 2.76 bits per heavy atom. The molecule has 0 fully saturated rings. The van der Waals surface area contributed by atoms with Gasteiger partial charge in [-0.15, -0.1) is 0 Å². The van der Waals surface area contributed by atoms with E-state index in [9.17, 15) is 9.59 Å². The summed E-state index contributed by atoms with van der Waals surface area (Å²) in [6.07, 6.45) is 0.868. The van der Waals surface area contributed by atoms with Crippen LogP contribution in [-0.2, 0) is 9.53 Å². The number of methoxy groups -OCH3 is 1. The fourth-order valence-corrected chi connectivity index (χ4v) is 2.61. The van der Waals surface area contributed by atoms with E-state index in [-0.39, 0.29) is 11.5 Å². The van der Waals surface area contributed by atoms with Crippen LogP contribution >= 0.6 is 11.6 Å². The fourth-order valence-electron chi connectivity index (χ4n) is 2.41. The summed E-state index contributed by atoms with van der Waals surface area (Å²) in [5.74, 6) is 0.290. The summed E-state index contributed by atoms with van der Waals surface area (Å²) >= 11 is 5.95. The van der Waals surface area contributed by atoms with Crippen molar-refractivity contribution >= 4 is 29.4 Å². The van der Waals surface area contributed by atoms with Crippen LogP contribution in [0.5, 0.6) is 11.5 Å². The van der Waals surface area contributed by atoms with Gasteiger partial charge in [0.05, 0.1) is 12.7 Å². The number of esters is 1. The van der Waals surface area contributed by atoms with Gasteiger partial charge in [-0.25, -0.2) is 4.79 Å². The van der Waals surface area contributed by atoms with E-state index in [1.54, 1.807) is 49.4 Å². The first kappa shape index (κ1) is 17.0. The normalized spacial score (nSPS) is 15.5. The number of ether oxygens (including phenoxy) is 3. The van der Waals surface area contributed by atoms with Crippen molar-refractivity contribution in [3.8, 4) is 11.5 Å². The number of carbonyl (C=O) groups is 2. The molecule has 25 heavy (non-hydrogen) atoms. The van der Waals surface area contributed by atoms with E-state index in [1.165, 1.54) is 7.11 Å². The van der Waals surface area contributed by atoms with Crippen molar-refractivity contribution in [3.63, 3.8) is 0 Å². The zero-order valence-corrected chi connectivity index (χ0v) is 14.4. The monoisotopic (exact) mass is 358 g/mol. The molecule has 1 aliphatic heterocycles. The van der Waals surface area contributed by atoms with E-state index in [4.69, 9.17) is 21.1 Å². The molecule has 2 aromatic carbocycles. The quantitative estimate of drug-likeness (QED) is 0.612. The predicted molar refractivity (Wildman–Crippen MR) is 92.9 cm³/mol. The Morgan fingerprint density at radius 1 is 1.24 bits per heavy atom. The maximum atomic E-state index is 12.4. The highest BCUT2D eigenvalue weighted by Gasteiger charge is 2.28. The first-order chi connectivity index (χ1) is 12.0. The SMILES string of the molecule is COC(=O)[C@@H](C)Oc1ccc2c(c1)O/C(=C/c1cccc(Cl)c1)C2=O. The molecule has 6 heteroatoms. The minimum Gasteiger partial charge on any atom is -0.479 e. The molecule has 3 rings (SSSR count). The van der Waals surface area contributed by atoms with Gasteiger partial charge in [0, 0.05) is 11.1 Å². The number of Topliss-reactive ketones (excluding diaryl/α,β-unsaturated/α-hetero) is 1. The van der Waals surface area contributed by atoms with E-state index in [2.05, 4.69) is 4.74 Å². The molecule has 0 saturated carbocycles. The second-order valence-electron chi connectivity index (χ2n) is 5.44. The number of halogens is 1. The van der Waals surface area contributed by atoms with Crippen molar-refractivity contribution in [2.75, 3.05) is 7.11 Å². The highest BCUT2D eigenvalue weighted by atomic mass is 35.5. The minimum absolute atomic E-state index is 0.204. The third-order valence-corrected chi connectivity index (χ3v) is 3.87. The Hall–Kier alpha value is -2.79. The lowest BCUT2D eigenvalue weighted by Gasteiger charge is -2.12. The Kier molecular flexibility index (Phi) is 4.76. The van der Waals surface area contributed by atoms with Gasteiger partial charge in [0.15, 0.2) is 11.9 Å². The lowest BCUT2D eigenvalue weighted by atomic mass is 10.1. The number of allylic oxidation sites excluding steroid dienone is 1. The summed E-state index contributed by atoms with van der Waals surface area (Å²) in [6, 6.07) is 11.9. The van der Waals surface area contributed by atoms with Crippen LogP contribution < -0.4 is 9.47 Å². The Morgan fingerprint density at radius 2 is 2.04 bits per heavy atom. The van der Waals surface area contributed by atoms with Crippen molar-refractivity contribution < 1.29 is 23.8 Å². The number of rotatable bonds is 4. The van der Waals surface area contributed by atoms with Crippen molar-refractivity contribution in [1.29, 1.82) is 0 Å². The molecule has 0 aromatic heterocycles. The average Bonchev–Trinajstić information content (AvgIpc) is 2.89. The maximum Gasteiger partial charge on any atom is 0.346 e. The molecule has 1 heterocycles. The molecule has 0 aliphatic carbocycles. The van der Waals surface area contributed by atoms with Gasteiger partial charge < -0.3 is 14.2 Å². The van der Waals surface area contributed by atoms with Gasteiger partial charge in [0.2, 0.25) is 5.78 Å². The van der Waals surface area contributed by atoms with Crippen molar-refractivity contribution in [1.82, 2.24) is 0 Å². The maximum absolute atomic E-state index is 12.4. The molecule has 0 bridgehead atoms. The molecule has 0 amide bonds. The van der Waals surface area contributed by atoms with Crippen LogP contribution in [0.1, 0.15) is 22.8 Å². The van der Waals surface area contributed by atoms with Crippen LogP contribution in [0.25, 0.3) is 6.08 Å². The van der Waals surface area contributed by atoms with Crippen LogP contribution in [0, 0.1) is 0 Å². The number of hydrogen-bond donors (Lipinski definition) is 0. The van der Waals surface area contributed by atoms with E-state index in [0.717, 1.165) is 5.56 Å². The summed E-state index contributed by atoms with van der Waals surface area (Å²) in [7, 11) is 1.29. The molecule has 0 spiro atoms. The number of fused-ring (bicyclic) bond motifs is 1. The topological polar surface area (TPSA) is 61.8 Å². The number of hydrogen-bond acceptors (Lipinski definition) is 5. The van der Waals surface area contributed by atoms with E-state index in [0.29, 0.717) is 22.1 Å². The summed E-state index contributed by atoms with van der Waals surface area (Å²) in [4.78, 5) is 23.9. The zero-order valence-electron chi connectivity index (χ0n) is 13.6. The minimum atomic E-state index is -0.762. The molecule has 1 atom stereocenters. The largest absolute Gasteiger partial charge is 0.479 e. The smallest absolute Gasteiger partial charge is 0.346 e. The van der Waals surface area contributed by atoms with Crippen LogP contribution in [0.2, 0.25) is 5.02 Å². The molecule has 2 aromatic rings. The van der Waals surface area contributed by atoms with E-state index >= 15 is 0 Å². The molecule has 128 valence electrons. The number of benzene rings is 2. The Labute approximate surface area is 149 Å². The highest BCUT2D eigenvalue weighted by molar-refractivity contribution is 6.30. The van der Waals surface area contributed by atoms with Crippen LogP contribution in [0.3, 0.4) is 0 Å². The van der Waals surface area contributed by atoms with Gasteiger partial charge in [-0.3, -0.25) is 4.79 Å². The summed E-state index contributed by atoms with van der Waals surface area (Å²) in [6.45, 7) is 1.58. The third kappa shape index (κ3) is 3.67. The second-order valence-corrected chi connectivity index (χ2v) is 5.87. The van der Waals surface area contributed by atoms with Gasteiger partial charge in [-0.1, -0.05) is 23.7 Å². The van der Waals surface area contributed by atoms with Gasteiger partial charge in [0.1, 0.15) is 11.5 Å². The summed E-state index contributed by atoms with van der Waals surface area (Å²) < 4.78 is 15.8. The first-order valence-electron chi connectivity index (χ1n) is 7.56. The molecule has 0 radical (unpaired) electrons. The molecule has 0 unspecified atom stereocenters. The zero-order chi connectivity index (χ0) is 18.0.